The van der Waals surface area contributed by atoms with Crippen molar-refractivity contribution in [2.45, 2.75) is 19.1 Å². The molecule has 0 radical (unpaired) electrons. The van der Waals surface area contributed by atoms with E-state index in [0.29, 0.717) is 44.3 Å². The summed E-state index contributed by atoms with van der Waals surface area (Å²) in [6.45, 7) is 5.45. The summed E-state index contributed by atoms with van der Waals surface area (Å²) < 4.78 is 49.1. The first-order chi connectivity index (χ1) is 12.3. The third-order valence-corrected chi connectivity index (χ3v) is 4.76. The molecule has 0 aliphatic carbocycles. The van der Waals surface area contributed by atoms with Crippen LogP contribution in [-0.4, -0.2) is 51.0 Å². The van der Waals surface area contributed by atoms with E-state index in [1.54, 1.807) is 13.2 Å². The van der Waals surface area contributed by atoms with Crippen molar-refractivity contribution >= 4 is 15.9 Å². The van der Waals surface area contributed by atoms with Gasteiger partial charge in [0.15, 0.2) is 11.5 Å². The first kappa shape index (κ1) is 21.1. The monoisotopic (exact) mass is 436 g/mol. The molecule has 1 saturated heterocycles. The average molecular weight is 437 g/mol. The first-order valence-corrected chi connectivity index (χ1v) is 9.21. The Morgan fingerprint density at radius 1 is 1.42 bits per heavy atom. The molecule has 1 aliphatic heterocycles. The minimum absolute atomic E-state index is 0.234. The van der Waals surface area contributed by atoms with Crippen molar-refractivity contribution in [2.75, 3.05) is 39.9 Å². The van der Waals surface area contributed by atoms with Gasteiger partial charge in [0, 0.05) is 13.1 Å². The number of methoxy groups -OCH3 is 1. The molecule has 1 aromatic rings. The number of hydrogen-bond donors (Lipinski definition) is 1. The van der Waals surface area contributed by atoms with Crippen LogP contribution in [0.5, 0.6) is 11.5 Å². The fraction of sp³-hybridized carbons (Fsp3) is 0.556. The fourth-order valence-corrected chi connectivity index (χ4v) is 3.66. The number of nitrogens with one attached hydrogen (secondary N) is 1. The third kappa shape index (κ3) is 6.48. The zero-order valence-electron chi connectivity index (χ0n) is 14.7. The number of likely N-dealkylation sites (tertiary alicyclic amines) is 1. The van der Waals surface area contributed by atoms with Gasteiger partial charge >= 0.3 is 6.18 Å². The van der Waals surface area contributed by atoms with Gasteiger partial charge in [-0.3, -0.25) is 4.90 Å². The lowest BCUT2D eigenvalue weighted by Crippen LogP contribution is -2.33. The molecule has 1 aliphatic rings. The van der Waals surface area contributed by atoms with Crippen molar-refractivity contribution in [1.29, 1.82) is 0 Å². The average Bonchev–Trinajstić information content (AvgIpc) is 2.98. The maximum Gasteiger partial charge on any atom is 0.401 e. The number of hydrogen-bond acceptors (Lipinski definition) is 4. The minimum Gasteiger partial charge on any atom is -0.493 e. The highest BCUT2D eigenvalue weighted by Gasteiger charge is 2.34. The predicted molar refractivity (Wildman–Crippen MR) is 98.7 cm³/mol. The Morgan fingerprint density at radius 3 is 2.85 bits per heavy atom. The summed E-state index contributed by atoms with van der Waals surface area (Å²) >= 11 is 3.48. The van der Waals surface area contributed by atoms with Crippen molar-refractivity contribution < 1.29 is 22.6 Å². The van der Waals surface area contributed by atoms with E-state index in [0.717, 1.165) is 16.5 Å². The smallest absolute Gasteiger partial charge is 0.401 e. The normalized spacial score (nSPS) is 18.1. The lowest BCUT2D eigenvalue weighted by molar-refractivity contribution is -0.143. The Balaban J connectivity index is 1.84. The second kappa shape index (κ2) is 9.62. The molecule has 1 fully saturated rings. The molecule has 2 rings (SSSR count). The highest BCUT2D eigenvalue weighted by Crippen LogP contribution is 2.36. The van der Waals surface area contributed by atoms with E-state index >= 15 is 0 Å². The number of benzene rings is 1. The second-order valence-corrected chi connectivity index (χ2v) is 7.20. The predicted octanol–water partition coefficient (Wildman–Crippen LogP) is 4.00. The van der Waals surface area contributed by atoms with Gasteiger partial charge in [0.05, 0.1) is 18.1 Å². The van der Waals surface area contributed by atoms with Gasteiger partial charge in [-0.25, -0.2) is 0 Å². The van der Waals surface area contributed by atoms with E-state index in [4.69, 9.17) is 9.47 Å². The van der Waals surface area contributed by atoms with Crippen molar-refractivity contribution in [3.63, 3.8) is 0 Å². The second-order valence-electron chi connectivity index (χ2n) is 6.34. The summed E-state index contributed by atoms with van der Waals surface area (Å²) in [4.78, 5) is 1.47. The first-order valence-electron chi connectivity index (χ1n) is 8.42. The van der Waals surface area contributed by atoms with Crippen LogP contribution in [0, 0.1) is 5.92 Å². The molecule has 1 atom stereocenters. The Kier molecular flexibility index (Phi) is 7.79. The van der Waals surface area contributed by atoms with Crippen LogP contribution in [0.3, 0.4) is 0 Å². The van der Waals surface area contributed by atoms with Gasteiger partial charge in [0.1, 0.15) is 6.61 Å². The molecular formula is C18H24BrF3N2O2. The molecule has 146 valence electrons. The van der Waals surface area contributed by atoms with Crippen LogP contribution in [0.25, 0.3) is 0 Å². The molecule has 0 amide bonds. The number of nitrogens with zero attached hydrogens (tertiary/aromatic N) is 1. The molecular weight excluding hydrogens is 413 g/mol. The number of rotatable bonds is 9. The summed E-state index contributed by atoms with van der Waals surface area (Å²) in [6, 6.07) is 3.83. The van der Waals surface area contributed by atoms with Crippen molar-refractivity contribution in [1.82, 2.24) is 10.2 Å². The standard InChI is InChI=1S/C18H24BrF3N2O2/c1-3-6-26-17-15(19)7-14(8-16(17)25-2)10-23-9-13-4-5-24(11-13)12-18(20,21)22/h3,7-8,13,23H,1,4-6,9-12H2,2H3. The highest BCUT2D eigenvalue weighted by molar-refractivity contribution is 9.10. The molecule has 0 bridgehead atoms. The SMILES string of the molecule is C=CCOc1c(Br)cc(CNCC2CCN(CC(F)(F)F)C2)cc1OC. The molecule has 1 unspecified atom stereocenters. The highest BCUT2D eigenvalue weighted by atomic mass is 79.9. The topological polar surface area (TPSA) is 33.7 Å². The van der Waals surface area contributed by atoms with Gasteiger partial charge in [0.25, 0.3) is 0 Å². The van der Waals surface area contributed by atoms with Crippen LogP contribution < -0.4 is 14.8 Å². The molecule has 0 spiro atoms. The van der Waals surface area contributed by atoms with E-state index in [9.17, 15) is 13.2 Å². The summed E-state index contributed by atoms with van der Waals surface area (Å²) in [5, 5.41) is 3.33. The van der Waals surface area contributed by atoms with Crippen LogP contribution in [0.1, 0.15) is 12.0 Å². The van der Waals surface area contributed by atoms with E-state index in [2.05, 4.69) is 27.8 Å². The number of ether oxygens (including phenoxy) is 2. The lowest BCUT2D eigenvalue weighted by Gasteiger charge is -2.18. The van der Waals surface area contributed by atoms with Gasteiger partial charge in [0.2, 0.25) is 0 Å². The fourth-order valence-electron chi connectivity index (χ4n) is 3.05. The van der Waals surface area contributed by atoms with Gasteiger partial charge < -0.3 is 14.8 Å². The Bertz CT molecular complexity index is 611. The maximum atomic E-state index is 12.4. The molecule has 4 nitrogen and oxygen atoms in total. The van der Waals surface area contributed by atoms with Crippen molar-refractivity contribution in [3.8, 4) is 11.5 Å². The lowest BCUT2D eigenvalue weighted by atomic mass is 10.1. The molecule has 26 heavy (non-hydrogen) atoms. The maximum absolute atomic E-state index is 12.4. The summed E-state index contributed by atoms with van der Waals surface area (Å²) in [5.74, 6) is 1.47. The summed E-state index contributed by atoms with van der Waals surface area (Å²) in [7, 11) is 1.58. The molecule has 8 heteroatoms. The van der Waals surface area contributed by atoms with Crippen molar-refractivity contribution in [3.05, 3.63) is 34.8 Å². The minimum atomic E-state index is -4.12. The van der Waals surface area contributed by atoms with Crippen LogP contribution in [0.4, 0.5) is 13.2 Å². The van der Waals surface area contributed by atoms with E-state index in [-0.39, 0.29) is 5.92 Å². The third-order valence-electron chi connectivity index (χ3n) is 4.17. The van der Waals surface area contributed by atoms with E-state index < -0.39 is 12.7 Å². The van der Waals surface area contributed by atoms with E-state index in [1.165, 1.54) is 4.90 Å². The Morgan fingerprint density at radius 2 is 2.19 bits per heavy atom. The van der Waals surface area contributed by atoms with Gasteiger partial charge in [-0.15, -0.1) is 0 Å². The zero-order valence-corrected chi connectivity index (χ0v) is 16.3. The zero-order chi connectivity index (χ0) is 19.2. The molecule has 1 aromatic carbocycles. The molecule has 0 saturated carbocycles. The van der Waals surface area contributed by atoms with Gasteiger partial charge in [-0.2, -0.15) is 13.2 Å². The largest absolute Gasteiger partial charge is 0.493 e. The molecule has 1 heterocycles. The van der Waals surface area contributed by atoms with Crippen molar-refractivity contribution in [2.24, 2.45) is 5.92 Å². The number of alkyl halides is 3. The van der Waals surface area contributed by atoms with Crippen LogP contribution in [-0.2, 0) is 6.54 Å². The van der Waals surface area contributed by atoms with Gasteiger partial charge in [-0.1, -0.05) is 12.7 Å². The Labute approximate surface area is 160 Å². The number of halogens is 4. The Hall–Kier alpha value is -1.25. The molecule has 0 aromatic heterocycles. The summed E-state index contributed by atoms with van der Waals surface area (Å²) in [5.41, 5.74) is 1.00. The molecule has 1 N–H and O–H groups in total. The van der Waals surface area contributed by atoms with Crippen LogP contribution in [0.2, 0.25) is 0 Å². The quantitative estimate of drug-likeness (QED) is 0.593. The van der Waals surface area contributed by atoms with Crippen LogP contribution in [0.15, 0.2) is 29.3 Å². The van der Waals surface area contributed by atoms with Crippen LogP contribution >= 0.6 is 15.9 Å². The summed E-state index contributed by atoms with van der Waals surface area (Å²) in [6.07, 6.45) is -1.68. The van der Waals surface area contributed by atoms with Gasteiger partial charge in [-0.05, 0) is 59.1 Å². The van der Waals surface area contributed by atoms with E-state index in [1.807, 2.05) is 12.1 Å².